The van der Waals surface area contributed by atoms with Crippen LogP contribution in [0.4, 0.5) is 0 Å². The summed E-state index contributed by atoms with van der Waals surface area (Å²) in [5.41, 5.74) is 1.04. The number of hydrogen-bond donors (Lipinski definition) is 0. The number of aliphatic imine (C=N–C) groups is 1. The molecule has 2 atom stereocenters. The Morgan fingerprint density at radius 1 is 1.12 bits per heavy atom. The summed E-state index contributed by atoms with van der Waals surface area (Å²) in [6, 6.07) is 8.20. The van der Waals surface area contributed by atoms with Gasteiger partial charge in [0, 0.05) is 16.5 Å². The van der Waals surface area contributed by atoms with Gasteiger partial charge in [0.25, 0.3) is 0 Å². The van der Waals surface area contributed by atoms with Crippen LogP contribution in [0.5, 0.6) is 0 Å². The van der Waals surface area contributed by atoms with Crippen LogP contribution in [0.1, 0.15) is 31.2 Å². The SMILES string of the molecule is Clc1ccc(C2=N[C@H]3CCCC[C@H]3CO2)cc1. The van der Waals surface area contributed by atoms with Gasteiger partial charge in [0.15, 0.2) is 0 Å². The van der Waals surface area contributed by atoms with Crippen molar-refractivity contribution in [3.05, 3.63) is 34.9 Å². The van der Waals surface area contributed by atoms with Crippen molar-refractivity contribution in [2.75, 3.05) is 6.61 Å². The van der Waals surface area contributed by atoms with E-state index >= 15 is 0 Å². The Morgan fingerprint density at radius 3 is 2.71 bits per heavy atom. The topological polar surface area (TPSA) is 21.6 Å². The molecule has 1 aromatic carbocycles. The van der Waals surface area contributed by atoms with Crippen molar-refractivity contribution < 1.29 is 4.74 Å². The molecule has 3 rings (SSSR count). The maximum atomic E-state index is 5.88. The van der Waals surface area contributed by atoms with Crippen LogP contribution in [0, 0.1) is 5.92 Å². The summed E-state index contributed by atoms with van der Waals surface area (Å²) in [5.74, 6) is 1.43. The Kier molecular flexibility index (Phi) is 3.06. The molecule has 2 nitrogen and oxygen atoms in total. The van der Waals surface area contributed by atoms with Gasteiger partial charge >= 0.3 is 0 Å². The fourth-order valence-electron chi connectivity index (χ4n) is 2.68. The lowest BCUT2D eigenvalue weighted by Crippen LogP contribution is -2.34. The number of ether oxygens (including phenoxy) is 1. The molecule has 0 amide bonds. The van der Waals surface area contributed by atoms with Crippen LogP contribution >= 0.6 is 11.6 Å². The Labute approximate surface area is 107 Å². The van der Waals surface area contributed by atoms with E-state index in [2.05, 4.69) is 0 Å². The van der Waals surface area contributed by atoms with Crippen molar-refractivity contribution in [1.29, 1.82) is 0 Å². The van der Waals surface area contributed by atoms with Gasteiger partial charge < -0.3 is 4.74 Å². The molecule has 0 aromatic heterocycles. The summed E-state index contributed by atoms with van der Waals surface area (Å²) in [4.78, 5) is 4.76. The van der Waals surface area contributed by atoms with Crippen LogP contribution in [0.3, 0.4) is 0 Å². The van der Waals surface area contributed by atoms with E-state index in [-0.39, 0.29) is 0 Å². The smallest absolute Gasteiger partial charge is 0.216 e. The second-order valence-corrected chi connectivity index (χ2v) is 5.30. The van der Waals surface area contributed by atoms with Gasteiger partial charge in [0.05, 0.1) is 12.6 Å². The minimum atomic E-state index is 0.475. The number of nitrogens with zero attached hydrogens (tertiary/aromatic N) is 1. The van der Waals surface area contributed by atoms with Crippen molar-refractivity contribution in [2.24, 2.45) is 10.9 Å². The normalized spacial score (nSPS) is 27.9. The third-order valence-electron chi connectivity index (χ3n) is 3.68. The van der Waals surface area contributed by atoms with E-state index in [1.165, 1.54) is 25.7 Å². The van der Waals surface area contributed by atoms with Gasteiger partial charge in [-0.3, -0.25) is 0 Å². The molecule has 1 aromatic rings. The van der Waals surface area contributed by atoms with E-state index in [9.17, 15) is 0 Å². The lowest BCUT2D eigenvalue weighted by molar-refractivity contribution is 0.155. The molecule has 0 radical (unpaired) electrons. The summed E-state index contributed by atoms with van der Waals surface area (Å²) in [6.07, 6.45) is 5.11. The number of rotatable bonds is 1. The second kappa shape index (κ2) is 4.69. The second-order valence-electron chi connectivity index (χ2n) is 4.86. The molecule has 1 heterocycles. The molecule has 1 saturated carbocycles. The quantitative estimate of drug-likeness (QED) is 0.744. The van der Waals surface area contributed by atoms with E-state index in [1.54, 1.807) is 0 Å². The van der Waals surface area contributed by atoms with Crippen molar-refractivity contribution >= 4 is 17.5 Å². The molecule has 1 aliphatic carbocycles. The van der Waals surface area contributed by atoms with E-state index in [0.29, 0.717) is 12.0 Å². The van der Waals surface area contributed by atoms with E-state index in [1.807, 2.05) is 24.3 Å². The minimum absolute atomic E-state index is 0.475. The lowest BCUT2D eigenvalue weighted by atomic mass is 9.85. The van der Waals surface area contributed by atoms with Gasteiger partial charge in [-0.25, -0.2) is 4.99 Å². The predicted molar refractivity (Wildman–Crippen MR) is 69.7 cm³/mol. The maximum Gasteiger partial charge on any atom is 0.216 e. The maximum absolute atomic E-state index is 5.88. The van der Waals surface area contributed by atoms with Crippen molar-refractivity contribution in [2.45, 2.75) is 31.7 Å². The molecule has 2 aliphatic rings. The zero-order chi connectivity index (χ0) is 11.7. The highest BCUT2D eigenvalue weighted by Crippen LogP contribution is 2.30. The van der Waals surface area contributed by atoms with E-state index in [0.717, 1.165) is 23.1 Å². The van der Waals surface area contributed by atoms with Crippen LogP contribution in [0.2, 0.25) is 5.02 Å². The largest absolute Gasteiger partial charge is 0.477 e. The Balaban J connectivity index is 1.84. The first kappa shape index (κ1) is 11.1. The lowest BCUT2D eigenvalue weighted by Gasteiger charge is -2.33. The Morgan fingerprint density at radius 2 is 1.88 bits per heavy atom. The summed E-state index contributed by atoms with van der Waals surface area (Å²) >= 11 is 5.88. The van der Waals surface area contributed by atoms with Crippen molar-refractivity contribution in [1.82, 2.24) is 0 Å². The van der Waals surface area contributed by atoms with Crippen LogP contribution in [-0.4, -0.2) is 18.5 Å². The Hall–Kier alpha value is -1.02. The van der Waals surface area contributed by atoms with Crippen LogP contribution in [-0.2, 0) is 4.74 Å². The third kappa shape index (κ3) is 2.32. The summed E-state index contributed by atoms with van der Waals surface area (Å²) < 4.78 is 5.78. The first-order chi connectivity index (χ1) is 8.33. The van der Waals surface area contributed by atoms with Gasteiger partial charge in [-0.05, 0) is 37.1 Å². The number of hydrogen-bond acceptors (Lipinski definition) is 2. The third-order valence-corrected chi connectivity index (χ3v) is 3.93. The molecule has 0 spiro atoms. The summed E-state index contributed by atoms with van der Waals surface area (Å²) in [7, 11) is 0. The average molecular weight is 250 g/mol. The van der Waals surface area contributed by atoms with Gasteiger partial charge in [0.1, 0.15) is 0 Å². The van der Waals surface area contributed by atoms with Crippen molar-refractivity contribution in [3.63, 3.8) is 0 Å². The average Bonchev–Trinajstić information content (AvgIpc) is 2.39. The van der Waals surface area contributed by atoms with Crippen LogP contribution in [0.25, 0.3) is 0 Å². The highest BCUT2D eigenvalue weighted by Gasteiger charge is 2.29. The Bertz CT molecular complexity index is 426. The van der Waals surface area contributed by atoms with Crippen LogP contribution < -0.4 is 0 Å². The van der Waals surface area contributed by atoms with Crippen molar-refractivity contribution in [3.8, 4) is 0 Å². The standard InChI is InChI=1S/C14H16ClNO/c15-12-7-5-10(6-8-12)14-16-13-4-2-1-3-11(13)9-17-14/h5-8,11,13H,1-4,9H2/t11-,13-/m0/s1. The highest BCUT2D eigenvalue weighted by molar-refractivity contribution is 6.30. The van der Waals surface area contributed by atoms with E-state index in [4.69, 9.17) is 21.3 Å². The molecule has 0 unspecified atom stereocenters. The van der Waals surface area contributed by atoms with Gasteiger partial charge in [-0.1, -0.05) is 24.4 Å². The molecule has 1 aliphatic heterocycles. The van der Waals surface area contributed by atoms with E-state index < -0.39 is 0 Å². The first-order valence-corrected chi connectivity index (χ1v) is 6.67. The van der Waals surface area contributed by atoms with Gasteiger partial charge in [-0.15, -0.1) is 0 Å². The monoisotopic (exact) mass is 249 g/mol. The van der Waals surface area contributed by atoms with Gasteiger partial charge in [0.2, 0.25) is 5.90 Å². The molecule has 3 heteroatoms. The zero-order valence-electron chi connectivity index (χ0n) is 9.73. The summed E-state index contributed by atoms with van der Waals surface area (Å²) in [5, 5.41) is 0.751. The first-order valence-electron chi connectivity index (χ1n) is 6.29. The fourth-order valence-corrected chi connectivity index (χ4v) is 2.80. The minimum Gasteiger partial charge on any atom is -0.477 e. The van der Waals surface area contributed by atoms with Crippen LogP contribution in [0.15, 0.2) is 29.3 Å². The number of halogens is 1. The molecule has 0 bridgehead atoms. The fraction of sp³-hybridized carbons (Fsp3) is 0.500. The molecule has 90 valence electrons. The molecule has 0 N–H and O–H groups in total. The molecular formula is C14H16ClNO. The highest BCUT2D eigenvalue weighted by atomic mass is 35.5. The summed E-state index contributed by atoms with van der Waals surface area (Å²) in [6.45, 7) is 0.826. The molecular weight excluding hydrogens is 234 g/mol. The number of benzene rings is 1. The number of fused-ring (bicyclic) bond motifs is 1. The molecule has 1 fully saturated rings. The molecule has 17 heavy (non-hydrogen) atoms. The zero-order valence-corrected chi connectivity index (χ0v) is 10.5. The predicted octanol–water partition coefficient (Wildman–Crippen LogP) is 3.68. The molecule has 0 saturated heterocycles. The van der Waals surface area contributed by atoms with Gasteiger partial charge in [-0.2, -0.15) is 0 Å².